The summed E-state index contributed by atoms with van der Waals surface area (Å²) in [5.74, 6) is -0.477. The summed E-state index contributed by atoms with van der Waals surface area (Å²) < 4.78 is 25.9. The lowest BCUT2D eigenvalue weighted by molar-refractivity contribution is 0.0323. The molecule has 0 saturated heterocycles. The van der Waals surface area contributed by atoms with Gasteiger partial charge in [0.05, 0.1) is 12.1 Å². The molecule has 1 rings (SSSR count). The van der Waals surface area contributed by atoms with Gasteiger partial charge in [0.15, 0.2) is 0 Å². The number of hydrogen-bond donors (Lipinski definition) is 2. The number of aromatic nitrogens is 1. The second kappa shape index (κ2) is 6.81. The fourth-order valence-corrected chi connectivity index (χ4v) is 2.03. The highest BCUT2D eigenvalue weighted by Gasteiger charge is 2.23. The lowest BCUT2D eigenvalue weighted by atomic mass is 10.1. The minimum Gasteiger partial charge on any atom is -0.387 e. The Bertz CT molecular complexity index is 445. The van der Waals surface area contributed by atoms with Gasteiger partial charge in [-0.25, -0.2) is 8.78 Å². The molecule has 0 fully saturated rings. The van der Waals surface area contributed by atoms with Crippen LogP contribution in [0.5, 0.6) is 0 Å². The van der Waals surface area contributed by atoms with E-state index in [2.05, 4.69) is 5.32 Å². The van der Waals surface area contributed by atoms with Crippen molar-refractivity contribution in [1.29, 1.82) is 0 Å². The van der Waals surface area contributed by atoms with E-state index in [0.717, 1.165) is 0 Å². The Balaban J connectivity index is 2.61. The number of rotatable bonds is 7. The first-order valence-electron chi connectivity index (χ1n) is 6.30. The van der Waals surface area contributed by atoms with Crippen molar-refractivity contribution in [2.75, 3.05) is 27.2 Å². The van der Waals surface area contributed by atoms with Gasteiger partial charge < -0.3 is 19.9 Å². The summed E-state index contributed by atoms with van der Waals surface area (Å²) in [4.78, 5) is 13.7. The maximum atomic E-state index is 12.4. The van der Waals surface area contributed by atoms with E-state index < -0.39 is 24.5 Å². The topological polar surface area (TPSA) is 57.5 Å². The van der Waals surface area contributed by atoms with Crippen LogP contribution in [-0.4, -0.2) is 59.7 Å². The molecule has 1 heterocycles. The molecule has 0 saturated carbocycles. The predicted molar refractivity (Wildman–Crippen MR) is 71.9 cm³/mol. The second-order valence-electron chi connectivity index (χ2n) is 5.35. The Morgan fingerprint density at radius 2 is 2.20 bits per heavy atom. The molecule has 0 radical (unpaired) electrons. The van der Waals surface area contributed by atoms with Gasteiger partial charge in [-0.3, -0.25) is 4.79 Å². The number of likely N-dealkylation sites (N-methyl/N-ethyl adjacent to an activating group) is 1. The number of carbonyl (C=O) groups excluding carboxylic acids is 1. The van der Waals surface area contributed by atoms with Gasteiger partial charge in [0, 0.05) is 19.3 Å². The van der Waals surface area contributed by atoms with Crippen molar-refractivity contribution in [2.45, 2.75) is 25.5 Å². The fourth-order valence-electron chi connectivity index (χ4n) is 2.03. The molecule has 0 spiro atoms. The molecule has 1 aromatic rings. The number of aliphatic hydroxyl groups is 1. The Morgan fingerprint density at radius 3 is 2.75 bits per heavy atom. The van der Waals surface area contributed by atoms with E-state index in [1.165, 1.54) is 22.9 Å². The van der Waals surface area contributed by atoms with Crippen LogP contribution in [0.25, 0.3) is 0 Å². The molecule has 5 nitrogen and oxygen atoms in total. The molecule has 0 aliphatic heterocycles. The minimum absolute atomic E-state index is 0.0455. The average Bonchev–Trinajstić information content (AvgIpc) is 2.71. The number of halogens is 2. The van der Waals surface area contributed by atoms with Crippen molar-refractivity contribution < 1.29 is 18.7 Å². The standard InChI is InChI=1S/C13H21F2N3O2/c1-13(20,9-17(2)3)8-16-12(19)10-5-4-6-18(10)7-11(14)15/h4-6,11,20H,7-9H2,1-3H3,(H,16,19). The smallest absolute Gasteiger partial charge is 0.268 e. The third kappa shape index (κ3) is 5.26. The lowest BCUT2D eigenvalue weighted by Crippen LogP contribution is -2.47. The molecular formula is C13H21F2N3O2. The molecular weight excluding hydrogens is 268 g/mol. The Hall–Kier alpha value is -1.47. The van der Waals surface area contributed by atoms with E-state index in [9.17, 15) is 18.7 Å². The van der Waals surface area contributed by atoms with Crippen molar-refractivity contribution in [2.24, 2.45) is 0 Å². The number of hydrogen-bond acceptors (Lipinski definition) is 3. The van der Waals surface area contributed by atoms with E-state index in [1.54, 1.807) is 11.8 Å². The Kier molecular flexibility index (Phi) is 5.64. The largest absolute Gasteiger partial charge is 0.387 e. The SMILES string of the molecule is CN(C)CC(C)(O)CNC(=O)c1cccn1CC(F)F. The van der Waals surface area contributed by atoms with Gasteiger partial charge in [-0.2, -0.15) is 0 Å². The zero-order chi connectivity index (χ0) is 15.3. The highest BCUT2D eigenvalue weighted by atomic mass is 19.3. The third-order valence-corrected chi connectivity index (χ3v) is 2.68. The van der Waals surface area contributed by atoms with Crippen LogP contribution in [0.3, 0.4) is 0 Å². The molecule has 7 heteroatoms. The molecule has 114 valence electrons. The van der Waals surface area contributed by atoms with Gasteiger partial charge >= 0.3 is 0 Å². The quantitative estimate of drug-likeness (QED) is 0.780. The Morgan fingerprint density at radius 1 is 1.55 bits per heavy atom. The summed E-state index contributed by atoms with van der Waals surface area (Å²) in [5, 5.41) is 12.6. The van der Waals surface area contributed by atoms with Crippen LogP contribution in [0.2, 0.25) is 0 Å². The molecule has 2 N–H and O–H groups in total. The number of carbonyl (C=O) groups is 1. The van der Waals surface area contributed by atoms with E-state index in [0.29, 0.717) is 6.54 Å². The average molecular weight is 289 g/mol. The summed E-state index contributed by atoms with van der Waals surface area (Å²) in [6.45, 7) is 1.50. The molecule has 1 atom stereocenters. The van der Waals surface area contributed by atoms with Crippen LogP contribution in [-0.2, 0) is 6.54 Å². The summed E-state index contributed by atoms with van der Waals surface area (Å²) in [7, 11) is 3.62. The number of alkyl halides is 2. The van der Waals surface area contributed by atoms with E-state index in [1.807, 2.05) is 14.1 Å². The van der Waals surface area contributed by atoms with E-state index in [4.69, 9.17) is 0 Å². The van der Waals surface area contributed by atoms with Crippen molar-refractivity contribution in [3.05, 3.63) is 24.0 Å². The monoisotopic (exact) mass is 289 g/mol. The maximum Gasteiger partial charge on any atom is 0.268 e. The van der Waals surface area contributed by atoms with Crippen LogP contribution in [0, 0.1) is 0 Å². The normalized spacial score (nSPS) is 14.6. The van der Waals surface area contributed by atoms with Crippen LogP contribution in [0.4, 0.5) is 8.78 Å². The van der Waals surface area contributed by atoms with Gasteiger partial charge in [0.2, 0.25) is 0 Å². The first-order chi connectivity index (χ1) is 9.21. The van der Waals surface area contributed by atoms with E-state index in [-0.39, 0.29) is 12.2 Å². The molecule has 0 aliphatic rings. The van der Waals surface area contributed by atoms with Crippen molar-refractivity contribution in [1.82, 2.24) is 14.8 Å². The molecule has 0 bridgehead atoms. The summed E-state index contributed by atoms with van der Waals surface area (Å²) in [6.07, 6.45) is -1.09. The predicted octanol–water partition coefficient (Wildman–Crippen LogP) is 0.796. The van der Waals surface area contributed by atoms with Crippen LogP contribution in [0.1, 0.15) is 17.4 Å². The highest BCUT2D eigenvalue weighted by Crippen LogP contribution is 2.08. The van der Waals surface area contributed by atoms with Crippen LogP contribution >= 0.6 is 0 Å². The zero-order valence-corrected chi connectivity index (χ0v) is 11.9. The van der Waals surface area contributed by atoms with Crippen molar-refractivity contribution >= 4 is 5.91 Å². The lowest BCUT2D eigenvalue weighted by Gasteiger charge is -2.27. The summed E-state index contributed by atoms with van der Waals surface area (Å²) >= 11 is 0. The molecule has 20 heavy (non-hydrogen) atoms. The van der Waals surface area contributed by atoms with Gasteiger partial charge in [-0.1, -0.05) is 0 Å². The Labute approximate surface area is 117 Å². The van der Waals surface area contributed by atoms with Gasteiger partial charge in [-0.15, -0.1) is 0 Å². The van der Waals surface area contributed by atoms with Crippen molar-refractivity contribution in [3.8, 4) is 0 Å². The van der Waals surface area contributed by atoms with Gasteiger partial charge in [-0.05, 0) is 33.2 Å². The number of amides is 1. The van der Waals surface area contributed by atoms with Crippen LogP contribution in [0.15, 0.2) is 18.3 Å². The summed E-state index contributed by atoms with van der Waals surface area (Å²) in [6, 6.07) is 3.01. The van der Waals surface area contributed by atoms with Crippen molar-refractivity contribution in [3.63, 3.8) is 0 Å². The minimum atomic E-state index is -2.52. The molecule has 1 amide bonds. The van der Waals surface area contributed by atoms with Crippen LogP contribution < -0.4 is 5.32 Å². The fraction of sp³-hybridized carbons (Fsp3) is 0.615. The first-order valence-corrected chi connectivity index (χ1v) is 6.30. The summed E-state index contributed by atoms with van der Waals surface area (Å²) in [5.41, 5.74) is -0.926. The third-order valence-electron chi connectivity index (χ3n) is 2.68. The molecule has 0 aliphatic carbocycles. The highest BCUT2D eigenvalue weighted by molar-refractivity contribution is 5.92. The number of nitrogens with one attached hydrogen (secondary N) is 1. The van der Waals surface area contributed by atoms with E-state index >= 15 is 0 Å². The zero-order valence-electron chi connectivity index (χ0n) is 11.9. The molecule has 1 unspecified atom stereocenters. The maximum absolute atomic E-state index is 12.4. The molecule has 0 aromatic carbocycles. The second-order valence-corrected chi connectivity index (χ2v) is 5.35. The van der Waals surface area contributed by atoms with Gasteiger partial charge in [0.1, 0.15) is 5.69 Å². The number of nitrogens with zero attached hydrogens (tertiary/aromatic N) is 2. The molecule has 1 aromatic heterocycles. The first kappa shape index (κ1) is 16.6. The van der Waals surface area contributed by atoms with Gasteiger partial charge in [0.25, 0.3) is 12.3 Å².